The number of rotatable bonds is 6. The predicted molar refractivity (Wildman–Crippen MR) is 80.6 cm³/mol. The number of nitrogens with one attached hydrogen (secondary N) is 1. The molecule has 1 unspecified atom stereocenters. The van der Waals surface area contributed by atoms with Crippen LogP contribution in [-0.2, 0) is 10.0 Å². The standard InChI is InChI=1S/C14H20N2O4S/c1-14(17,10-16(2)3)9-15-21(18,19)13-8-11-6-4-5-7-12(11)20-13/h4-8,15,17H,9-10H2,1-3H3. The maximum Gasteiger partial charge on any atom is 0.274 e. The number of sulfonamides is 1. The Morgan fingerprint density at radius 2 is 2.00 bits per heavy atom. The van der Waals surface area contributed by atoms with Crippen molar-refractivity contribution < 1.29 is 17.9 Å². The minimum Gasteiger partial charge on any atom is -0.443 e. The number of para-hydroxylation sites is 1. The van der Waals surface area contributed by atoms with Crippen LogP contribution in [0.3, 0.4) is 0 Å². The van der Waals surface area contributed by atoms with Gasteiger partial charge in [-0.2, -0.15) is 0 Å². The molecule has 0 aliphatic heterocycles. The van der Waals surface area contributed by atoms with Gasteiger partial charge in [0, 0.05) is 24.5 Å². The Balaban J connectivity index is 2.15. The van der Waals surface area contributed by atoms with E-state index in [1.165, 1.54) is 6.07 Å². The van der Waals surface area contributed by atoms with E-state index in [1.54, 1.807) is 30.0 Å². The summed E-state index contributed by atoms with van der Waals surface area (Å²) in [6, 6.07) is 8.54. The zero-order valence-corrected chi connectivity index (χ0v) is 13.1. The quantitative estimate of drug-likeness (QED) is 0.832. The Morgan fingerprint density at radius 3 is 2.62 bits per heavy atom. The molecule has 7 heteroatoms. The first-order valence-electron chi connectivity index (χ1n) is 6.55. The summed E-state index contributed by atoms with van der Waals surface area (Å²) in [7, 11) is -0.171. The van der Waals surface area contributed by atoms with Gasteiger partial charge in [0.05, 0.1) is 5.60 Å². The lowest BCUT2D eigenvalue weighted by atomic mass is 10.1. The van der Waals surface area contributed by atoms with Gasteiger partial charge in [0.1, 0.15) is 5.58 Å². The zero-order valence-electron chi connectivity index (χ0n) is 12.3. The molecule has 21 heavy (non-hydrogen) atoms. The van der Waals surface area contributed by atoms with Crippen molar-refractivity contribution in [2.75, 3.05) is 27.2 Å². The van der Waals surface area contributed by atoms with E-state index in [0.717, 1.165) is 5.39 Å². The maximum absolute atomic E-state index is 12.2. The molecule has 2 rings (SSSR count). The van der Waals surface area contributed by atoms with Crippen molar-refractivity contribution in [1.82, 2.24) is 9.62 Å². The largest absolute Gasteiger partial charge is 0.443 e. The Morgan fingerprint density at radius 1 is 1.33 bits per heavy atom. The van der Waals surface area contributed by atoms with E-state index in [2.05, 4.69) is 4.72 Å². The zero-order chi connectivity index (χ0) is 15.7. The number of furan rings is 1. The summed E-state index contributed by atoms with van der Waals surface area (Å²) in [5.41, 5.74) is -0.652. The first kappa shape index (κ1) is 16.0. The molecular weight excluding hydrogens is 292 g/mol. The van der Waals surface area contributed by atoms with Crippen LogP contribution in [0, 0.1) is 0 Å². The van der Waals surface area contributed by atoms with Crippen LogP contribution in [0.1, 0.15) is 6.92 Å². The van der Waals surface area contributed by atoms with Crippen LogP contribution in [-0.4, -0.2) is 51.2 Å². The van der Waals surface area contributed by atoms with Crippen molar-refractivity contribution in [3.05, 3.63) is 30.3 Å². The Bertz CT molecular complexity index is 686. The molecule has 0 aliphatic carbocycles. The number of likely N-dealkylation sites (N-methyl/N-ethyl adjacent to an activating group) is 1. The molecule has 0 saturated carbocycles. The molecule has 0 amide bonds. The van der Waals surface area contributed by atoms with Crippen molar-refractivity contribution in [3.8, 4) is 0 Å². The molecule has 2 N–H and O–H groups in total. The van der Waals surface area contributed by atoms with Gasteiger partial charge in [0.25, 0.3) is 10.0 Å². The fourth-order valence-electron chi connectivity index (χ4n) is 2.15. The van der Waals surface area contributed by atoms with Crippen LogP contribution in [0.25, 0.3) is 11.0 Å². The molecule has 0 bridgehead atoms. The van der Waals surface area contributed by atoms with Gasteiger partial charge in [-0.1, -0.05) is 18.2 Å². The minimum atomic E-state index is -3.79. The van der Waals surface area contributed by atoms with E-state index in [1.807, 2.05) is 20.2 Å². The molecule has 0 spiro atoms. The number of aliphatic hydroxyl groups is 1. The smallest absolute Gasteiger partial charge is 0.274 e. The van der Waals surface area contributed by atoms with Crippen LogP contribution in [0.4, 0.5) is 0 Å². The predicted octanol–water partition coefficient (Wildman–Crippen LogP) is 1.02. The van der Waals surface area contributed by atoms with Gasteiger partial charge in [0.2, 0.25) is 5.09 Å². The molecule has 116 valence electrons. The van der Waals surface area contributed by atoms with E-state index < -0.39 is 15.6 Å². The fourth-order valence-corrected chi connectivity index (χ4v) is 3.27. The van der Waals surface area contributed by atoms with Crippen LogP contribution < -0.4 is 4.72 Å². The summed E-state index contributed by atoms with van der Waals surface area (Å²) < 4.78 is 32.1. The second-order valence-electron chi connectivity index (χ2n) is 5.66. The summed E-state index contributed by atoms with van der Waals surface area (Å²) in [6.07, 6.45) is 0. The van der Waals surface area contributed by atoms with Gasteiger partial charge >= 0.3 is 0 Å². The van der Waals surface area contributed by atoms with Gasteiger partial charge in [0.15, 0.2) is 0 Å². The molecule has 0 saturated heterocycles. The molecule has 2 aromatic rings. The van der Waals surface area contributed by atoms with E-state index in [9.17, 15) is 13.5 Å². The number of nitrogens with zero attached hydrogens (tertiary/aromatic N) is 1. The highest BCUT2D eigenvalue weighted by Gasteiger charge is 2.26. The number of fused-ring (bicyclic) bond motifs is 1. The normalized spacial score (nSPS) is 15.5. The summed E-state index contributed by atoms with van der Waals surface area (Å²) in [4.78, 5) is 1.79. The number of hydrogen-bond acceptors (Lipinski definition) is 5. The molecule has 0 radical (unpaired) electrons. The molecule has 1 aromatic heterocycles. The average Bonchev–Trinajstić information content (AvgIpc) is 2.80. The highest BCUT2D eigenvalue weighted by atomic mass is 32.2. The molecule has 1 atom stereocenters. The molecule has 1 aromatic carbocycles. The summed E-state index contributed by atoms with van der Waals surface area (Å²) in [5, 5.41) is 10.7. The van der Waals surface area contributed by atoms with E-state index >= 15 is 0 Å². The van der Waals surface area contributed by atoms with Gasteiger partial charge in [-0.15, -0.1) is 0 Å². The van der Waals surface area contributed by atoms with Crippen LogP contribution >= 0.6 is 0 Å². The van der Waals surface area contributed by atoms with Crippen molar-refractivity contribution in [2.45, 2.75) is 17.6 Å². The Labute approximate surface area is 124 Å². The molecular formula is C14H20N2O4S. The topological polar surface area (TPSA) is 82.8 Å². The van der Waals surface area contributed by atoms with Crippen molar-refractivity contribution in [1.29, 1.82) is 0 Å². The van der Waals surface area contributed by atoms with Crippen molar-refractivity contribution in [2.24, 2.45) is 0 Å². The summed E-state index contributed by atoms with van der Waals surface area (Å²) in [6.45, 7) is 1.83. The van der Waals surface area contributed by atoms with E-state index in [0.29, 0.717) is 12.1 Å². The third-order valence-electron chi connectivity index (χ3n) is 2.97. The Kier molecular flexibility index (Phi) is 4.38. The monoisotopic (exact) mass is 312 g/mol. The lowest BCUT2D eigenvalue weighted by Gasteiger charge is -2.26. The van der Waals surface area contributed by atoms with Crippen LogP contribution in [0.2, 0.25) is 0 Å². The maximum atomic E-state index is 12.2. The SMILES string of the molecule is CN(C)CC(C)(O)CNS(=O)(=O)c1cc2ccccc2o1. The lowest BCUT2D eigenvalue weighted by molar-refractivity contribution is 0.0385. The third kappa shape index (κ3) is 4.04. The van der Waals surface area contributed by atoms with Gasteiger partial charge in [-0.25, -0.2) is 13.1 Å². The Hall–Kier alpha value is -1.41. The molecule has 0 aliphatic rings. The lowest BCUT2D eigenvalue weighted by Crippen LogP contribution is -2.46. The third-order valence-corrected chi connectivity index (χ3v) is 4.22. The summed E-state index contributed by atoms with van der Waals surface area (Å²) in [5.74, 6) is 0. The van der Waals surface area contributed by atoms with E-state index in [-0.39, 0.29) is 11.6 Å². The molecule has 0 fully saturated rings. The number of hydrogen-bond donors (Lipinski definition) is 2. The van der Waals surface area contributed by atoms with Gasteiger partial charge < -0.3 is 14.4 Å². The van der Waals surface area contributed by atoms with Crippen LogP contribution in [0.5, 0.6) is 0 Å². The molecule has 6 nitrogen and oxygen atoms in total. The molecule has 1 heterocycles. The van der Waals surface area contributed by atoms with Gasteiger partial charge in [-0.3, -0.25) is 0 Å². The summed E-state index contributed by atoms with van der Waals surface area (Å²) >= 11 is 0. The first-order valence-corrected chi connectivity index (χ1v) is 8.03. The highest BCUT2D eigenvalue weighted by molar-refractivity contribution is 7.89. The average molecular weight is 312 g/mol. The second kappa shape index (κ2) is 5.76. The minimum absolute atomic E-state index is 0.0927. The second-order valence-corrected chi connectivity index (χ2v) is 7.36. The van der Waals surface area contributed by atoms with E-state index in [4.69, 9.17) is 4.42 Å². The van der Waals surface area contributed by atoms with Gasteiger partial charge in [-0.05, 0) is 27.1 Å². The fraction of sp³-hybridized carbons (Fsp3) is 0.429. The van der Waals surface area contributed by atoms with Crippen molar-refractivity contribution in [3.63, 3.8) is 0 Å². The first-order chi connectivity index (χ1) is 9.70. The van der Waals surface area contributed by atoms with Crippen LogP contribution in [0.15, 0.2) is 39.8 Å². The highest BCUT2D eigenvalue weighted by Crippen LogP contribution is 2.22. The van der Waals surface area contributed by atoms with Crippen molar-refractivity contribution >= 4 is 21.0 Å². The number of benzene rings is 1.